The van der Waals surface area contributed by atoms with Gasteiger partial charge < -0.3 is 26.2 Å². The van der Waals surface area contributed by atoms with Crippen molar-refractivity contribution in [3.63, 3.8) is 0 Å². The maximum Gasteiger partial charge on any atom is 0.404 e. The van der Waals surface area contributed by atoms with Gasteiger partial charge in [-0.2, -0.15) is 0 Å². The average molecular weight is 302 g/mol. The number of anilines is 1. The number of rotatable bonds is 5. The summed E-state index contributed by atoms with van der Waals surface area (Å²) in [7, 11) is 0. The summed E-state index contributed by atoms with van der Waals surface area (Å²) < 4.78 is 4.41. The molecule has 0 unspecified atom stereocenters. The molecule has 8 nitrogen and oxygen atoms in total. The zero-order valence-corrected chi connectivity index (χ0v) is 10.9. The third-order valence-electron chi connectivity index (χ3n) is 2.09. The third kappa shape index (κ3) is 5.02. The van der Waals surface area contributed by atoms with E-state index < -0.39 is 18.1 Å². The number of nitrogens with two attached hydrogens (primary N) is 1. The van der Waals surface area contributed by atoms with Crippen LogP contribution in [0.4, 0.5) is 15.3 Å². The van der Waals surface area contributed by atoms with Gasteiger partial charge in [-0.25, -0.2) is 14.4 Å². The molecule has 1 aromatic rings. The number of carboxylic acid groups (broad SMARTS) is 1. The van der Waals surface area contributed by atoms with Crippen LogP contribution in [0.3, 0.4) is 0 Å². The molecule has 3 amide bonds. The molecule has 0 radical (unpaired) electrons. The number of amides is 3. The SMILES string of the molecule is NC(=O)OCCNC(=O)Nc1ccc(Cl)c(C(=O)O)c1. The summed E-state index contributed by atoms with van der Waals surface area (Å²) in [6, 6.07) is 3.45. The van der Waals surface area contributed by atoms with Gasteiger partial charge in [-0.3, -0.25) is 0 Å². The number of aromatic carboxylic acids is 1. The lowest BCUT2D eigenvalue weighted by Gasteiger charge is -2.08. The first-order valence-corrected chi connectivity index (χ1v) is 5.78. The fourth-order valence-corrected chi connectivity index (χ4v) is 1.46. The number of benzene rings is 1. The molecule has 1 aromatic carbocycles. The molecule has 0 atom stereocenters. The van der Waals surface area contributed by atoms with Crippen LogP contribution in [0.15, 0.2) is 18.2 Å². The maximum atomic E-state index is 11.4. The summed E-state index contributed by atoms with van der Waals surface area (Å²) in [5.74, 6) is -1.20. The van der Waals surface area contributed by atoms with Gasteiger partial charge in [0.2, 0.25) is 0 Å². The average Bonchev–Trinajstić information content (AvgIpc) is 2.36. The van der Waals surface area contributed by atoms with Crippen LogP contribution in [0.2, 0.25) is 5.02 Å². The Balaban J connectivity index is 2.52. The highest BCUT2D eigenvalue weighted by Crippen LogP contribution is 2.20. The van der Waals surface area contributed by atoms with Gasteiger partial charge in [-0.1, -0.05) is 11.6 Å². The van der Waals surface area contributed by atoms with Crippen LogP contribution < -0.4 is 16.4 Å². The molecule has 0 aromatic heterocycles. The van der Waals surface area contributed by atoms with Crippen LogP contribution in [0.5, 0.6) is 0 Å². The Morgan fingerprint density at radius 1 is 1.35 bits per heavy atom. The van der Waals surface area contributed by atoms with Crippen molar-refractivity contribution in [3.8, 4) is 0 Å². The first kappa shape index (κ1) is 15.6. The molecule has 20 heavy (non-hydrogen) atoms. The summed E-state index contributed by atoms with van der Waals surface area (Å²) in [6.07, 6.45) is -0.934. The van der Waals surface area contributed by atoms with E-state index in [0.29, 0.717) is 0 Å². The zero-order valence-electron chi connectivity index (χ0n) is 10.2. The van der Waals surface area contributed by atoms with Gasteiger partial charge in [-0.15, -0.1) is 0 Å². The largest absolute Gasteiger partial charge is 0.478 e. The van der Waals surface area contributed by atoms with Crippen molar-refractivity contribution in [2.24, 2.45) is 5.73 Å². The van der Waals surface area contributed by atoms with E-state index >= 15 is 0 Å². The van der Waals surface area contributed by atoms with Gasteiger partial charge in [0.25, 0.3) is 0 Å². The Bertz CT molecular complexity index is 535. The summed E-state index contributed by atoms with van der Waals surface area (Å²) in [4.78, 5) is 32.6. The van der Waals surface area contributed by atoms with Gasteiger partial charge in [0, 0.05) is 5.69 Å². The minimum atomic E-state index is -1.20. The molecule has 0 aliphatic rings. The standard InChI is InChI=1S/C11H12ClN3O5/c12-8-2-1-6(5-7(8)9(16)17)15-11(19)14-3-4-20-10(13)18/h1-2,5H,3-4H2,(H2,13,18)(H,16,17)(H2,14,15,19). The molecule has 1 rings (SSSR count). The van der Waals surface area contributed by atoms with Gasteiger partial charge in [0.15, 0.2) is 0 Å². The highest BCUT2D eigenvalue weighted by atomic mass is 35.5. The van der Waals surface area contributed by atoms with E-state index in [2.05, 4.69) is 15.4 Å². The lowest BCUT2D eigenvalue weighted by Crippen LogP contribution is -2.32. The molecular formula is C11H12ClN3O5. The lowest BCUT2D eigenvalue weighted by molar-refractivity contribution is 0.0697. The van der Waals surface area contributed by atoms with Crippen molar-refractivity contribution in [1.82, 2.24) is 5.32 Å². The van der Waals surface area contributed by atoms with Crippen molar-refractivity contribution in [2.75, 3.05) is 18.5 Å². The minimum absolute atomic E-state index is 0.0636. The van der Waals surface area contributed by atoms with E-state index in [4.69, 9.17) is 22.4 Å². The van der Waals surface area contributed by atoms with Crippen molar-refractivity contribution in [2.45, 2.75) is 0 Å². The summed E-state index contributed by atoms with van der Waals surface area (Å²) in [5, 5.41) is 13.7. The summed E-state index contributed by atoms with van der Waals surface area (Å²) in [5.41, 5.74) is 4.87. The highest BCUT2D eigenvalue weighted by Gasteiger charge is 2.10. The van der Waals surface area contributed by atoms with Crippen molar-refractivity contribution >= 4 is 35.4 Å². The van der Waals surface area contributed by atoms with Gasteiger partial charge in [0.05, 0.1) is 17.1 Å². The fourth-order valence-electron chi connectivity index (χ4n) is 1.26. The summed E-state index contributed by atoms with van der Waals surface area (Å²) >= 11 is 5.69. The second-order valence-electron chi connectivity index (χ2n) is 3.55. The number of urea groups is 1. The number of nitrogens with one attached hydrogen (secondary N) is 2. The monoisotopic (exact) mass is 301 g/mol. The van der Waals surface area contributed by atoms with Crippen LogP contribution in [-0.2, 0) is 4.74 Å². The first-order chi connectivity index (χ1) is 9.40. The van der Waals surface area contributed by atoms with Gasteiger partial charge >= 0.3 is 18.1 Å². The lowest BCUT2D eigenvalue weighted by atomic mass is 10.2. The second kappa shape index (κ2) is 7.19. The van der Waals surface area contributed by atoms with Crippen molar-refractivity contribution in [1.29, 1.82) is 0 Å². The Morgan fingerprint density at radius 3 is 2.65 bits per heavy atom. The number of carbonyl (C=O) groups excluding carboxylic acids is 2. The number of halogens is 1. The molecule has 0 aliphatic carbocycles. The van der Waals surface area contributed by atoms with E-state index in [-0.39, 0.29) is 29.4 Å². The molecule has 0 spiro atoms. The number of ether oxygens (including phenoxy) is 1. The molecule has 9 heteroatoms. The predicted octanol–water partition coefficient (Wildman–Crippen LogP) is 1.26. The molecule has 0 saturated heterocycles. The van der Waals surface area contributed by atoms with Gasteiger partial charge in [-0.05, 0) is 18.2 Å². The third-order valence-corrected chi connectivity index (χ3v) is 2.42. The van der Waals surface area contributed by atoms with Crippen LogP contribution in [0.1, 0.15) is 10.4 Å². The van der Waals surface area contributed by atoms with Crippen molar-refractivity contribution in [3.05, 3.63) is 28.8 Å². The quantitative estimate of drug-likeness (QED) is 0.608. The number of carboxylic acids is 1. The van der Waals surface area contributed by atoms with Crippen LogP contribution >= 0.6 is 11.6 Å². The second-order valence-corrected chi connectivity index (χ2v) is 3.96. The fraction of sp³-hybridized carbons (Fsp3) is 0.182. The minimum Gasteiger partial charge on any atom is -0.478 e. The molecule has 0 saturated carbocycles. The molecule has 0 heterocycles. The number of primary amides is 1. The highest BCUT2D eigenvalue weighted by molar-refractivity contribution is 6.33. The molecule has 5 N–H and O–H groups in total. The van der Waals surface area contributed by atoms with Gasteiger partial charge in [0.1, 0.15) is 6.61 Å². The maximum absolute atomic E-state index is 11.4. The molecular weight excluding hydrogens is 290 g/mol. The normalized spacial score (nSPS) is 9.65. The Morgan fingerprint density at radius 2 is 2.05 bits per heavy atom. The topological polar surface area (TPSA) is 131 Å². The molecule has 0 fully saturated rings. The van der Waals surface area contributed by atoms with Crippen LogP contribution in [0, 0.1) is 0 Å². The zero-order chi connectivity index (χ0) is 15.1. The Hall–Kier alpha value is -2.48. The van der Waals surface area contributed by atoms with Crippen molar-refractivity contribution < 1.29 is 24.2 Å². The van der Waals surface area contributed by atoms with E-state index in [1.807, 2.05) is 0 Å². The number of carbonyl (C=O) groups is 3. The predicted molar refractivity (Wildman–Crippen MR) is 71.0 cm³/mol. The molecule has 0 aliphatic heterocycles. The first-order valence-electron chi connectivity index (χ1n) is 5.40. The number of hydrogen-bond donors (Lipinski definition) is 4. The van der Waals surface area contributed by atoms with Crippen LogP contribution in [0.25, 0.3) is 0 Å². The Kier molecular flexibility index (Phi) is 5.60. The van der Waals surface area contributed by atoms with E-state index in [0.717, 1.165) is 0 Å². The molecule has 0 bridgehead atoms. The Labute approximate surface area is 118 Å². The van der Waals surface area contributed by atoms with E-state index in [9.17, 15) is 14.4 Å². The smallest absolute Gasteiger partial charge is 0.404 e. The summed E-state index contributed by atoms with van der Waals surface area (Å²) in [6.45, 7) is -0.00209. The van der Waals surface area contributed by atoms with E-state index in [1.165, 1.54) is 18.2 Å². The van der Waals surface area contributed by atoms with E-state index in [1.54, 1.807) is 0 Å². The molecule has 108 valence electrons. The van der Waals surface area contributed by atoms with Crippen LogP contribution in [-0.4, -0.2) is 36.4 Å². The number of hydrogen-bond acceptors (Lipinski definition) is 4.